The van der Waals surface area contributed by atoms with E-state index in [1.54, 1.807) is 21.9 Å². The molecule has 1 saturated carbocycles. The van der Waals surface area contributed by atoms with Gasteiger partial charge in [-0.3, -0.25) is 14.5 Å². The van der Waals surface area contributed by atoms with Crippen LogP contribution in [-0.4, -0.2) is 82.0 Å². The molecule has 7 heteroatoms. The fourth-order valence-corrected chi connectivity index (χ4v) is 4.11. The molecular formula is C23H36BrN3O3. The predicted molar refractivity (Wildman–Crippen MR) is 123 cm³/mol. The first-order valence-corrected chi connectivity index (χ1v) is 11.7. The van der Waals surface area contributed by atoms with E-state index in [-0.39, 0.29) is 11.8 Å². The average Bonchev–Trinajstić information content (AvgIpc) is 3.46. The zero-order chi connectivity index (χ0) is 22.5. The molecule has 0 radical (unpaired) electrons. The second-order valence-corrected chi connectivity index (χ2v) is 9.56. The summed E-state index contributed by atoms with van der Waals surface area (Å²) in [6, 6.07) is 8.64. The summed E-state index contributed by atoms with van der Waals surface area (Å²) in [5.74, 6) is -0.196. The highest BCUT2D eigenvalue weighted by molar-refractivity contribution is 9.10. The maximum Gasteiger partial charge on any atom is 0.254 e. The van der Waals surface area contributed by atoms with Crippen molar-refractivity contribution in [2.24, 2.45) is 0 Å². The van der Waals surface area contributed by atoms with Crippen molar-refractivity contribution in [3.8, 4) is 0 Å². The van der Waals surface area contributed by atoms with E-state index in [4.69, 9.17) is 0 Å². The topological polar surface area (TPSA) is 64.1 Å². The number of nitrogens with zero attached hydrogens (tertiary/aromatic N) is 3. The maximum absolute atomic E-state index is 12.4. The molecule has 1 aromatic rings. The number of hydrogen-bond donors (Lipinski definition) is 1. The molecule has 168 valence electrons. The third-order valence-electron chi connectivity index (χ3n) is 5.76. The Morgan fingerprint density at radius 1 is 1.00 bits per heavy atom. The number of halogens is 1. The summed E-state index contributed by atoms with van der Waals surface area (Å²) in [6.07, 6.45) is 1.12. The molecule has 1 aromatic carbocycles. The van der Waals surface area contributed by atoms with Gasteiger partial charge < -0.3 is 14.9 Å². The van der Waals surface area contributed by atoms with Crippen LogP contribution < -0.4 is 0 Å². The lowest BCUT2D eigenvalue weighted by molar-refractivity contribution is -0.143. The molecule has 0 spiro atoms. The molecule has 1 aliphatic heterocycles. The van der Waals surface area contributed by atoms with E-state index in [1.807, 2.05) is 12.1 Å². The number of benzene rings is 1. The van der Waals surface area contributed by atoms with Crippen molar-refractivity contribution in [2.75, 3.05) is 32.7 Å². The van der Waals surface area contributed by atoms with Crippen LogP contribution in [0.2, 0.25) is 0 Å². The number of carbonyl (C=O) groups excluding carboxylic acids is 2. The van der Waals surface area contributed by atoms with Gasteiger partial charge in [-0.1, -0.05) is 22.9 Å². The third kappa shape index (κ3) is 6.53. The van der Waals surface area contributed by atoms with Crippen LogP contribution in [0, 0.1) is 0 Å². The van der Waals surface area contributed by atoms with Crippen molar-refractivity contribution in [1.29, 1.82) is 0 Å². The highest BCUT2D eigenvalue weighted by Gasteiger charge is 2.50. The van der Waals surface area contributed by atoms with Gasteiger partial charge in [-0.05, 0) is 71.3 Å². The summed E-state index contributed by atoms with van der Waals surface area (Å²) in [4.78, 5) is 30.3. The Kier molecular flexibility index (Phi) is 8.88. The molecule has 0 unspecified atom stereocenters. The molecule has 1 heterocycles. The van der Waals surface area contributed by atoms with Crippen molar-refractivity contribution in [2.45, 2.75) is 65.1 Å². The third-order valence-corrected chi connectivity index (χ3v) is 6.29. The molecule has 30 heavy (non-hydrogen) atoms. The van der Waals surface area contributed by atoms with Gasteiger partial charge in [0, 0.05) is 48.3 Å². The van der Waals surface area contributed by atoms with Gasteiger partial charge in [0.1, 0.15) is 5.60 Å². The van der Waals surface area contributed by atoms with Gasteiger partial charge in [0.05, 0.1) is 0 Å². The first-order chi connectivity index (χ1) is 14.1. The highest BCUT2D eigenvalue weighted by atomic mass is 79.9. The number of amides is 2. The van der Waals surface area contributed by atoms with Crippen LogP contribution >= 0.6 is 15.9 Å². The normalized spacial score (nSPS) is 17.8. The molecule has 2 aliphatic rings. The Morgan fingerprint density at radius 3 is 1.83 bits per heavy atom. The zero-order valence-electron chi connectivity index (χ0n) is 18.9. The standard InChI is InChI=1S/C15H17BrN2O3.C8H19N/c16-12-3-1-11(2-4-12)13(19)17-7-9-18(10-8-17)14(20)15(21)5-6-15;1-6-9(7(2)3)8(4)5/h1-4,21H,5-10H2;7-8H,6H2,1-5H3. The smallest absolute Gasteiger partial charge is 0.254 e. The maximum atomic E-state index is 12.4. The van der Waals surface area contributed by atoms with E-state index in [9.17, 15) is 14.7 Å². The van der Waals surface area contributed by atoms with Crippen molar-refractivity contribution in [3.05, 3.63) is 34.3 Å². The molecule has 6 nitrogen and oxygen atoms in total. The van der Waals surface area contributed by atoms with Crippen molar-refractivity contribution in [3.63, 3.8) is 0 Å². The van der Waals surface area contributed by atoms with Crippen molar-refractivity contribution >= 4 is 27.7 Å². The molecule has 0 aromatic heterocycles. The van der Waals surface area contributed by atoms with Gasteiger partial charge in [-0.15, -0.1) is 0 Å². The zero-order valence-corrected chi connectivity index (χ0v) is 20.5. The predicted octanol–water partition coefficient (Wildman–Crippen LogP) is 3.38. The first-order valence-electron chi connectivity index (χ1n) is 10.9. The minimum atomic E-state index is -1.11. The Balaban J connectivity index is 0.000000303. The Morgan fingerprint density at radius 2 is 1.47 bits per heavy atom. The monoisotopic (exact) mass is 481 g/mol. The van der Waals surface area contributed by atoms with Crippen molar-refractivity contribution < 1.29 is 14.7 Å². The highest BCUT2D eigenvalue weighted by Crippen LogP contribution is 2.37. The lowest BCUT2D eigenvalue weighted by Crippen LogP contribution is -2.53. The number of piperazine rings is 1. The van der Waals surface area contributed by atoms with Crippen molar-refractivity contribution in [1.82, 2.24) is 14.7 Å². The van der Waals surface area contributed by atoms with E-state index < -0.39 is 5.60 Å². The summed E-state index contributed by atoms with van der Waals surface area (Å²) in [5.41, 5.74) is -0.462. The van der Waals surface area contributed by atoms with E-state index >= 15 is 0 Å². The molecule has 1 saturated heterocycles. The minimum Gasteiger partial charge on any atom is -0.380 e. The lowest BCUT2D eigenvalue weighted by atomic mass is 10.1. The van der Waals surface area contributed by atoms with E-state index in [0.29, 0.717) is 56.7 Å². The van der Waals surface area contributed by atoms with Gasteiger partial charge in [0.25, 0.3) is 11.8 Å². The molecular weight excluding hydrogens is 446 g/mol. The van der Waals surface area contributed by atoms with Crippen LogP contribution in [0.1, 0.15) is 57.8 Å². The lowest BCUT2D eigenvalue weighted by Gasteiger charge is -2.35. The molecule has 3 rings (SSSR count). The quantitative estimate of drug-likeness (QED) is 0.699. The molecule has 1 N–H and O–H groups in total. The SMILES string of the molecule is CCN(C(C)C)C(C)C.O=C(c1ccc(Br)cc1)N1CCN(C(=O)C2(O)CC2)CC1. The van der Waals surface area contributed by atoms with Gasteiger partial charge in [-0.25, -0.2) is 0 Å². The van der Waals surface area contributed by atoms with Crippen LogP contribution in [-0.2, 0) is 4.79 Å². The van der Waals surface area contributed by atoms with Crippen LogP contribution in [0.15, 0.2) is 28.7 Å². The van der Waals surface area contributed by atoms with E-state index in [0.717, 1.165) is 11.0 Å². The average molecular weight is 482 g/mol. The molecule has 1 aliphatic carbocycles. The molecule has 0 bridgehead atoms. The van der Waals surface area contributed by atoms with Crippen LogP contribution in [0.5, 0.6) is 0 Å². The second-order valence-electron chi connectivity index (χ2n) is 8.64. The number of rotatable bonds is 5. The Bertz CT molecular complexity index is 701. The Labute approximate surface area is 189 Å². The second kappa shape index (κ2) is 10.7. The van der Waals surface area contributed by atoms with Gasteiger partial charge in [0.2, 0.25) is 0 Å². The number of carbonyl (C=O) groups is 2. The fraction of sp³-hybridized carbons (Fsp3) is 0.652. The Hall–Kier alpha value is -1.44. The summed E-state index contributed by atoms with van der Waals surface area (Å²) in [7, 11) is 0. The largest absolute Gasteiger partial charge is 0.380 e. The van der Waals surface area contributed by atoms with Crippen LogP contribution in [0.4, 0.5) is 0 Å². The number of hydrogen-bond acceptors (Lipinski definition) is 4. The van der Waals surface area contributed by atoms with Crippen LogP contribution in [0.25, 0.3) is 0 Å². The molecule has 2 amide bonds. The van der Waals surface area contributed by atoms with Crippen LogP contribution in [0.3, 0.4) is 0 Å². The first kappa shape index (κ1) is 24.8. The van der Waals surface area contributed by atoms with Gasteiger partial charge in [-0.2, -0.15) is 0 Å². The minimum absolute atomic E-state index is 0.0141. The van der Waals surface area contributed by atoms with Gasteiger partial charge in [0.15, 0.2) is 0 Å². The number of aliphatic hydroxyl groups is 1. The summed E-state index contributed by atoms with van der Waals surface area (Å²) in [5, 5.41) is 9.85. The van der Waals surface area contributed by atoms with E-state index in [1.165, 1.54) is 0 Å². The van der Waals surface area contributed by atoms with Gasteiger partial charge >= 0.3 is 0 Å². The molecule has 2 fully saturated rings. The summed E-state index contributed by atoms with van der Waals surface area (Å²) < 4.78 is 0.937. The summed E-state index contributed by atoms with van der Waals surface area (Å²) in [6.45, 7) is 14.3. The van der Waals surface area contributed by atoms with E-state index in [2.05, 4.69) is 55.4 Å². The molecule has 0 atom stereocenters. The summed E-state index contributed by atoms with van der Waals surface area (Å²) >= 11 is 3.35. The fourth-order valence-electron chi connectivity index (χ4n) is 3.84.